The van der Waals surface area contributed by atoms with Gasteiger partial charge in [0.15, 0.2) is 0 Å². The minimum Gasteiger partial charge on any atom is -0.330 e. The molecule has 0 bridgehead atoms. The van der Waals surface area contributed by atoms with E-state index in [1.54, 1.807) is 16.7 Å². The quantitative estimate of drug-likeness (QED) is 0.0409. The lowest BCUT2D eigenvalue weighted by molar-refractivity contribution is 0.397. The molecular weight excluding hydrogens is 1070 g/mol. The fourth-order valence-corrected chi connectivity index (χ4v) is 17.3. The molecule has 4 heteroatoms. The Hall–Kier alpha value is -5.68. The Kier molecular flexibility index (Phi) is 20.9. The first-order valence-corrected chi connectivity index (χ1v) is 36.1. The van der Waals surface area contributed by atoms with Crippen molar-refractivity contribution < 1.29 is 0 Å². The number of nitrogens with zero attached hydrogens (tertiary/aromatic N) is 2. The molecule has 3 aliphatic rings. The molecule has 2 N–H and O–H groups in total. The predicted molar refractivity (Wildman–Crippen MR) is 378 cm³/mol. The molecule has 0 saturated heterocycles. The lowest BCUT2D eigenvalue weighted by atomic mass is 9.69. The summed E-state index contributed by atoms with van der Waals surface area (Å²) in [5, 5.41) is 0. The van der Waals surface area contributed by atoms with Gasteiger partial charge < -0.3 is 5.73 Å². The van der Waals surface area contributed by atoms with Crippen LogP contribution in [0.4, 0.5) is 0 Å². The Morgan fingerprint density at radius 3 is 0.989 bits per heavy atom. The van der Waals surface area contributed by atoms with Gasteiger partial charge in [0, 0.05) is 27.4 Å². The second-order valence-electron chi connectivity index (χ2n) is 27.7. The maximum Gasteiger partial charge on any atom is 0.113 e. The molecule has 0 fully saturated rings. The number of hydrogen-bond acceptors (Lipinski definition) is 4. The summed E-state index contributed by atoms with van der Waals surface area (Å²) in [7, 11) is 0. The standard InChI is InChI=1S/C83H105N3S/c1-8-12-16-20-24-28-48-82(49-29-25-21-17-13-9-2)75-54-60(6)34-40-69(75)70-41-35-61(55-76(70)82)62-36-42-71-72-44-38-64(58-78(72)83(77(71)56-62,50-30-26-22-18-14-10-3)51-31-27-23-19-15-11-4)66-46-45-65(79-80(66)86-87-85-79)63-37-43-68-67-39-33-59(5)53-73(67)81(7,47-32-52-84)74(68)57-63/h33-46,53-58H,8-32,47-52,84H2,1-7H3. The molecule has 8 aromatic rings. The molecule has 3 aliphatic carbocycles. The van der Waals surface area contributed by atoms with Crippen LogP contribution < -0.4 is 5.73 Å². The summed E-state index contributed by atoms with van der Waals surface area (Å²) in [6.07, 6.45) is 38.5. The largest absolute Gasteiger partial charge is 0.330 e. The molecule has 0 radical (unpaired) electrons. The van der Waals surface area contributed by atoms with E-state index in [-0.39, 0.29) is 16.2 Å². The number of benzene rings is 7. The van der Waals surface area contributed by atoms with Crippen LogP contribution in [-0.2, 0) is 16.2 Å². The lowest BCUT2D eigenvalue weighted by Gasteiger charge is -2.34. The van der Waals surface area contributed by atoms with Crippen LogP contribution >= 0.6 is 11.7 Å². The molecule has 3 nitrogen and oxygen atoms in total. The zero-order chi connectivity index (χ0) is 60.4. The van der Waals surface area contributed by atoms with Crippen molar-refractivity contribution in [3.8, 4) is 66.8 Å². The Morgan fingerprint density at radius 1 is 0.310 bits per heavy atom. The fraction of sp³-hybridized carbons (Fsp3) is 0.494. The average molecular weight is 1180 g/mol. The summed E-state index contributed by atoms with van der Waals surface area (Å²) in [5.41, 5.74) is 36.1. The molecule has 0 amide bonds. The van der Waals surface area contributed by atoms with Gasteiger partial charge in [-0.3, -0.25) is 0 Å². The number of rotatable bonds is 34. The number of unbranched alkanes of at least 4 members (excludes halogenated alkanes) is 20. The molecule has 11 rings (SSSR count). The van der Waals surface area contributed by atoms with Crippen molar-refractivity contribution in [3.63, 3.8) is 0 Å². The van der Waals surface area contributed by atoms with Gasteiger partial charge in [0.05, 0.1) is 11.7 Å². The molecule has 458 valence electrons. The van der Waals surface area contributed by atoms with Crippen molar-refractivity contribution in [2.24, 2.45) is 5.73 Å². The first kappa shape index (κ1) is 62.9. The number of aryl methyl sites for hydroxylation is 2. The highest BCUT2D eigenvalue weighted by molar-refractivity contribution is 7.00. The average Bonchev–Trinajstić information content (AvgIpc) is 1.65. The Morgan fingerprint density at radius 2 is 0.598 bits per heavy atom. The molecule has 87 heavy (non-hydrogen) atoms. The minimum absolute atomic E-state index is 0.0418. The Balaban J connectivity index is 0.993. The van der Waals surface area contributed by atoms with Gasteiger partial charge in [-0.2, -0.15) is 8.75 Å². The third kappa shape index (κ3) is 12.8. The molecule has 1 atom stereocenters. The van der Waals surface area contributed by atoms with Crippen LogP contribution in [-0.4, -0.2) is 15.3 Å². The summed E-state index contributed by atoms with van der Waals surface area (Å²) >= 11 is 1.36. The monoisotopic (exact) mass is 1180 g/mol. The van der Waals surface area contributed by atoms with Crippen molar-refractivity contribution in [1.82, 2.24) is 8.75 Å². The van der Waals surface area contributed by atoms with Crippen LogP contribution in [0.25, 0.3) is 77.8 Å². The van der Waals surface area contributed by atoms with E-state index in [1.165, 1.54) is 281 Å². The molecule has 7 aromatic carbocycles. The predicted octanol–water partition coefficient (Wildman–Crippen LogP) is 24.9. The molecular formula is C83H105N3S. The van der Waals surface area contributed by atoms with Gasteiger partial charge in [0.25, 0.3) is 0 Å². The summed E-state index contributed by atoms with van der Waals surface area (Å²) < 4.78 is 10.3. The summed E-state index contributed by atoms with van der Waals surface area (Å²) in [6, 6.07) is 49.4. The van der Waals surface area contributed by atoms with Crippen molar-refractivity contribution in [3.05, 3.63) is 166 Å². The van der Waals surface area contributed by atoms with E-state index >= 15 is 0 Å². The number of fused-ring (bicyclic) bond motifs is 10. The molecule has 1 heterocycles. The Bertz CT molecular complexity index is 3580. The third-order valence-electron chi connectivity index (χ3n) is 21.6. The van der Waals surface area contributed by atoms with Crippen molar-refractivity contribution in [1.29, 1.82) is 0 Å². The normalized spacial score (nSPS) is 15.6. The van der Waals surface area contributed by atoms with Crippen molar-refractivity contribution >= 4 is 22.8 Å². The fourth-order valence-electron chi connectivity index (χ4n) is 16.7. The van der Waals surface area contributed by atoms with Crippen molar-refractivity contribution in [2.45, 2.75) is 257 Å². The number of hydrogen-bond donors (Lipinski definition) is 1. The van der Waals surface area contributed by atoms with Gasteiger partial charge in [-0.15, -0.1) is 0 Å². The highest BCUT2D eigenvalue weighted by Crippen LogP contribution is 2.59. The first-order valence-electron chi connectivity index (χ1n) is 35.4. The summed E-state index contributed by atoms with van der Waals surface area (Å²) in [4.78, 5) is 0. The highest BCUT2D eigenvalue weighted by Gasteiger charge is 2.45. The lowest BCUT2D eigenvalue weighted by Crippen LogP contribution is -2.26. The van der Waals surface area contributed by atoms with Crippen LogP contribution in [0.15, 0.2) is 121 Å². The second-order valence-corrected chi connectivity index (χ2v) is 28.2. The van der Waals surface area contributed by atoms with E-state index in [4.69, 9.17) is 14.5 Å². The van der Waals surface area contributed by atoms with Gasteiger partial charge in [0.1, 0.15) is 11.0 Å². The summed E-state index contributed by atoms with van der Waals surface area (Å²) in [5.74, 6) is 0. The maximum absolute atomic E-state index is 6.22. The van der Waals surface area contributed by atoms with E-state index in [9.17, 15) is 0 Å². The van der Waals surface area contributed by atoms with Crippen molar-refractivity contribution in [2.75, 3.05) is 6.54 Å². The zero-order valence-corrected chi connectivity index (χ0v) is 55.7. The van der Waals surface area contributed by atoms with E-state index in [0.717, 1.165) is 29.4 Å². The van der Waals surface area contributed by atoms with Gasteiger partial charge in [0.2, 0.25) is 0 Å². The summed E-state index contributed by atoms with van der Waals surface area (Å²) in [6.45, 7) is 17.1. The molecule has 0 spiro atoms. The molecule has 0 aliphatic heterocycles. The van der Waals surface area contributed by atoms with Crippen LogP contribution in [0.3, 0.4) is 0 Å². The minimum atomic E-state index is -0.107. The van der Waals surface area contributed by atoms with Gasteiger partial charge in [-0.1, -0.05) is 297 Å². The third-order valence-corrected chi connectivity index (χ3v) is 22.2. The van der Waals surface area contributed by atoms with Gasteiger partial charge >= 0.3 is 0 Å². The number of nitrogens with two attached hydrogens (primary N) is 1. The van der Waals surface area contributed by atoms with Crippen LogP contribution in [0.5, 0.6) is 0 Å². The van der Waals surface area contributed by atoms with Crippen LogP contribution in [0.1, 0.15) is 272 Å². The second kappa shape index (κ2) is 28.9. The molecule has 1 aromatic heterocycles. The maximum atomic E-state index is 6.22. The van der Waals surface area contributed by atoms with E-state index in [2.05, 4.69) is 170 Å². The van der Waals surface area contributed by atoms with E-state index < -0.39 is 0 Å². The zero-order valence-electron chi connectivity index (χ0n) is 54.8. The first-order chi connectivity index (χ1) is 42.6. The van der Waals surface area contributed by atoms with Gasteiger partial charge in [-0.25, -0.2) is 0 Å². The number of aromatic nitrogens is 2. The SMILES string of the molecule is CCCCCCCCC1(CCCCCCCC)c2cc(C)ccc2-c2ccc(-c3ccc4c(c3)C(CCCCCCCC)(CCCCCCCC)c3cc(-c5ccc(-c6ccc7c(c6)C(C)(CCCN)c6cc(C)ccc6-7)c6nsnc56)ccc3-4)cc21. The smallest absolute Gasteiger partial charge is 0.113 e. The molecule has 1 unspecified atom stereocenters. The topological polar surface area (TPSA) is 51.8 Å². The van der Waals surface area contributed by atoms with Gasteiger partial charge in [-0.05, 0) is 172 Å². The molecule has 0 saturated carbocycles. The van der Waals surface area contributed by atoms with E-state index in [1.807, 2.05) is 0 Å². The highest BCUT2D eigenvalue weighted by atomic mass is 32.1. The van der Waals surface area contributed by atoms with Crippen LogP contribution in [0, 0.1) is 13.8 Å². The van der Waals surface area contributed by atoms with E-state index in [0.29, 0.717) is 6.54 Å². The Labute approximate surface area is 530 Å². The van der Waals surface area contributed by atoms with Crippen LogP contribution in [0.2, 0.25) is 0 Å².